The summed E-state index contributed by atoms with van der Waals surface area (Å²) in [7, 11) is 0. The van der Waals surface area contributed by atoms with Crippen LogP contribution in [-0.4, -0.2) is 11.1 Å². The number of carboxylic acid groups (broad SMARTS) is 1. The van der Waals surface area contributed by atoms with Crippen molar-refractivity contribution in [3.63, 3.8) is 0 Å². The lowest BCUT2D eigenvalue weighted by Crippen LogP contribution is -2.05. The predicted molar refractivity (Wildman–Crippen MR) is 48.5 cm³/mol. The largest absolute Gasteiger partial charge is 0.478 e. The van der Waals surface area contributed by atoms with Crippen molar-refractivity contribution in [3.8, 4) is 0 Å². The Hall–Kier alpha value is -1.25. The molecule has 0 fully saturated rings. The molecule has 0 spiro atoms. The Morgan fingerprint density at radius 2 is 2.25 bits per heavy atom. The van der Waals surface area contributed by atoms with Crippen LogP contribution in [-0.2, 0) is 4.79 Å². The van der Waals surface area contributed by atoms with Crippen molar-refractivity contribution >= 4 is 5.97 Å². The van der Waals surface area contributed by atoms with Crippen LogP contribution < -0.4 is 5.73 Å². The number of aliphatic carboxylic acids is 1. The molecule has 68 valence electrons. The standard InChI is InChI=1S/C9H15NO2/c1-3-4-7(2)5-8(10)6-9(11)12/h3-4,6-7H,5,10H2,1-2H3,(H,11,12)/b4-3+,8-6-/t7-/m1/s1. The maximum Gasteiger partial charge on any atom is 0.330 e. The third kappa shape index (κ3) is 5.53. The molecule has 1 atom stereocenters. The van der Waals surface area contributed by atoms with E-state index < -0.39 is 5.97 Å². The SMILES string of the molecule is C/C=C/[C@@H](C)C/C(N)=C/C(=O)O. The number of carboxylic acids is 1. The summed E-state index contributed by atoms with van der Waals surface area (Å²) in [5.41, 5.74) is 5.86. The molecule has 0 aromatic heterocycles. The van der Waals surface area contributed by atoms with Crippen LogP contribution in [0.25, 0.3) is 0 Å². The summed E-state index contributed by atoms with van der Waals surface area (Å²) < 4.78 is 0. The molecule has 3 N–H and O–H groups in total. The van der Waals surface area contributed by atoms with Crippen LogP contribution in [0.5, 0.6) is 0 Å². The van der Waals surface area contributed by atoms with Gasteiger partial charge < -0.3 is 10.8 Å². The van der Waals surface area contributed by atoms with Gasteiger partial charge in [0.15, 0.2) is 0 Å². The summed E-state index contributed by atoms with van der Waals surface area (Å²) in [6.07, 6.45) is 5.55. The van der Waals surface area contributed by atoms with E-state index in [1.165, 1.54) is 0 Å². The van der Waals surface area contributed by atoms with Crippen molar-refractivity contribution in [2.75, 3.05) is 0 Å². The molecule has 0 aromatic carbocycles. The van der Waals surface area contributed by atoms with E-state index in [9.17, 15) is 4.79 Å². The summed E-state index contributed by atoms with van der Waals surface area (Å²) in [6.45, 7) is 3.91. The minimum atomic E-state index is -0.986. The molecule has 0 saturated carbocycles. The van der Waals surface area contributed by atoms with Crippen LogP contribution in [0.3, 0.4) is 0 Å². The van der Waals surface area contributed by atoms with Gasteiger partial charge in [0.25, 0.3) is 0 Å². The lowest BCUT2D eigenvalue weighted by atomic mass is 10.1. The number of hydrogen-bond donors (Lipinski definition) is 2. The zero-order valence-corrected chi connectivity index (χ0v) is 7.45. The molecule has 0 aliphatic heterocycles. The van der Waals surface area contributed by atoms with Gasteiger partial charge in [-0.25, -0.2) is 4.79 Å². The summed E-state index contributed by atoms with van der Waals surface area (Å²) >= 11 is 0. The molecule has 3 nitrogen and oxygen atoms in total. The van der Waals surface area contributed by atoms with E-state index in [1.54, 1.807) is 0 Å². The van der Waals surface area contributed by atoms with Crippen molar-refractivity contribution in [1.29, 1.82) is 0 Å². The zero-order chi connectivity index (χ0) is 9.56. The Balaban J connectivity index is 3.99. The zero-order valence-electron chi connectivity index (χ0n) is 7.45. The molecule has 0 amide bonds. The average molecular weight is 169 g/mol. The molecule has 0 rings (SSSR count). The first-order valence-corrected chi connectivity index (χ1v) is 3.88. The monoisotopic (exact) mass is 169 g/mol. The lowest BCUT2D eigenvalue weighted by Gasteiger charge is -2.04. The first-order valence-electron chi connectivity index (χ1n) is 3.88. The highest BCUT2D eigenvalue weighted by molar-refractivity contribution is 5.80. The predicted octanol–water partition coefficient (Wildman–Crippen LogP) is 1.52. The normalized spacial score (nSPS) is 15.0. The molecule has 0 saturated heterocycles. The Kier molecular flexibility index (Phi) is 4.84. The third-order valence-electron chi connectivity index (χ3n) is 1.39. The van der Waals surface area contributed by atoms with Gasteiger partial charge in [-0.3, -0.25) is 0 Å². The van der Waals surface area contributed by atoms with Crippen LogP contribution in [0.1, 0.15) is 20.3 Å². The molecule has 0 heterocycles. The Bertz CT molecular complexity index is 207. The highest BCUT2D eigenvalue weighted by Gasteiger charge is 2.00. The van der Waals surface area contributed by atoms with E-state index in [4.69, 9.17) is 10.8 Å². The Labute approximate surface area is 72.6 Å². The van der Waals surface area contributed by atoms with Gasteiger partial charge in [0.05, 0.1) is 0 Å². The van der Waals surface area contributed by atoms with E-state index >= 15 is 0 Å². The van der Waals surface area contributed by atoms with Crippen LogP contribution in [0, 0.1) is 5.92 Å². The highest BCUT2D eigenvalue weighted by Crippen LogP contribution is 2.07. The number of rotatable bonds is 4. The van der Waals surface area contributed by atoms with E-state index in [-0.39, 0.29) is 0 Å². The number of carbonyl (C=O) groups is 1. The summed E-state index contributed by atoms with van der Waals surface area (Å²) in [4.78, 5) is 10.2. The smallest absolute Gasteiger partial charge is 0.330 e. The Morgan fingerprint density at radius 1 is 1.67 bits per heavy atom. The second kappa shape index (κ2) is 5.41. The van der Waals surface area contributed by atoms with Crippen LogP contribution in [0.2, 0.25) is 0 Å². The maximum absolute atomic E-state index is 10.2. The van der Waals surface area contributed by atoms with Gasteiger partial charge in [-0.15, -0.1) is 0 Å². The van der Waals surface area contributed by atoms with Gasteiger partial charge >= 0.3 is 5.97 Å². The van der Waals surface area contributed by atoms with Gasteiger partial charge in [0.2, 0.25) is 0 Å². The fraction of sp³-hybridized carbons (Fsp3) is 0.444. The third-order valence-corrected chi connectivity index (χ3v) is 1.39. The van der Waals surface area contributed by atoms with E-state index in [0.29, 0.717) is 18.0 Å². The van der Waals surface area contributed by atoms with Gasteiger partial charge in [-0.05, 0) is 19.3 Å². The maximum atomic E-state index is 10.2. The highest BCUT2D eigenvalue weighted by atomic mass is 16.4. The van der Waals surface area contributed by atoms with Gasteiger partial charge in [-0.1, -0.05) is 19.1 Å². The molecular formula is C9H15NO2. The first kappa shape index (κ1) is 10.8. The molecule has 0 unspecified atom stereocenters. The number of nitrogens with two attached hydrogens (primary N) is 1. The van der Waals surface area contributed by atoms with Crippen molar-refractivity contribution in [3.05, 3.63) is 23.9 Å². The summed E-state index contributed by atoms with van der Waals surface area (Å²) in [6, 6.07) is 0. The summed E-state index contributed by atoms with van der Waals surface area (Å²) in [5.74, 6) is -0.689. The number of hydrogen-bond acceptors (Lipinski definition) is 2. The van der Waals surface area contributed by atoms with Gasteiger partial charge in [0.1, 0.15) is 0 Å². The Morgan fingerprint density at radius 3 is 2.67 bits per heavy atom. The molecule has 0 aliphatic rings. The molecule has 0 bridgehead atoms. The van der Waals surface area contributed by atoms with Crippen molar-refractivity contribution in [2.45, 2.75) is 20.3 Å². The number of allylic oxidation sites excluding steroid dienone is 3. The van der Waals surface area contributed by atoms with Crippen LogP contribution in [0.4, 0.5) is 0 Å². The molecule has 12 heavy (non-hydrogen) atoms. The molecule has 3 heteroatoms. The van der Waals surface area contributed by atoms with Gasteiger partial charge in [-0.2, -0.15) is 0 Å². The minimum Gasteiger partial charge on any atom is -0.478 e. The second-order valence-corrected chi connectivity index (χ2v) is 2.76. The van der Waals surface area contributed by atoms with E-state index in [0.717, 1.165) is 6.08 Å². The minimum absolute atomic E-state index is 0.297. The van der Waals surface area contributed by atoms with E-state index in [2.05, 4.69) is 0 Å². The van der Waals surface area contributed by atoms with Crippen molar-refractivity contribution in [1.82, 2.24) is 0 Å². The molecular weight excluding hydrogens is 154 g/mol. The topological polar surface area (TPSA) is 63.3 Å². The fourth-order valence-electron chi connectivity index (χ4n) is 0.986. The first-order chi connectivity index (χ1) is 5.56. The van der Waals surface area contributed by atoms with Crippen molar-refractivity contribution < 1.29 is 9.90 Å². The fourth-order valence-corrected chi connectivity index (χ4v) is 0.986. The molecule has 0 radical (unpaired) electrons. The summed E-state index contributed by atoms with van der Waals surface area (Å²) in [5, 5.41) is 8.35. The molecule has 0 aliphatic carbocycles. The van der Waals surface area contributed by atoms with Crippen LogP contribution >= 0.6 is 0 Å². The average Bonchev–Trinajstić information content (AvgIpc) is 1.84. The van der Waals surface area contributed by atoms with Gasteiger partial charge in [0, 0.05) is 11.8 Å². The quantitative estimate of drug-likeness (QED) is 0.495. The second-order valence-electron chi connectivity index (χ2n) is 2.76. The van der Waals surface area contributed by atoms with Crippen molar-refractivity contribution in [2.24, 2.45) is 11.7 Å². The van der Waals surface area contributed by atoms with E-state index in [1.807, 2.05) is 26.0 Å². The van der Waals surface area contributed by atoms with Crippen LogP contribution in [0.15, 0.2) is 23.9 Å². The molecule has 0 aromatic rings. The lowest BCUT2D eigenvalue weighted by molar-refractivity contribution is -0.131.